The topological polar surface area (TPSA) is 65.6 Å². The van der Waals surface area contributed by atoms with Crippen LogP contribution in [0.25, 0.3) is 0 Å². The van der Waals surface area contributed by atoms with Crippen molar-refractivity contribution in [2.45, 2.75) is 13.8 Å². The maximum atomic E-state index is 11.4. The first-order chi connectivity index (χ1) is 7.11. The van der Waals surface area contributed by atoms with Gasteiger partial charge in [0.05, 0.1) is 11.6 Å². The lowest BCUT2D eigenvalue weighted by molar-refractivity contribution is -0.119. The Balaban J connectivity index is 2.67. The van der Waals surface area contributed by atoms with Crippen LogP contribution in [0.4, 0.5) is 5.69 Å². The zero-order valence-electron chi connectivity index (χ0n) is 8.77. The molecule has 1 aromatic carbocycles. The highest BCUT2D eigenvalue weighted by atomic mass is 16.1. The minimum Gasteiger partial charge on any atom is -0.309 e. The van der Waals surface area contributed by atoms with E-state index in [1.54, 1.807) is 26.0 Å². The monoisotopic (exact) mass is 203 g/mol. The van der Waals surface area contributed by atoms with E-state index in [0.29, 0.717) is 11.4 Å². The van der Waals surface area contributed by atoms with E-state index in [1.165, 1.54) is 0 Å². The molecule has 0 aliphatic carbocycles. The van der Waals surface area contributed by atoms with Gasteiger partial charge in [-0.3, -0.25) is 4.79 Å². The van der Waals surface area contributed by atoms with Crippen LogP contribution < -0.4 is 0 Å². The number of benzene rings is 1. The van der Waals surface area contributed by atoms with E-state index in [1.807, 2.05) is 18.2 Å². The Bertz CT molecular complexity index is 384. The molecular weight excluding hydrogens is 190 g/mol. The van der Waals surface area contributed by atoms with Crippen LogP contribution in [-0.4, -0.2) is 11.6 Å². The SMILES string of the molecule is CC(=N)C(C)C(=O)N=Nc1ccccc1. The molecule has 15 heavy (non-hydrogen) atoms. The largest absolute Gasteiger partial charge is 0.309 e. The van der Waals surface area contributed by atoms with Gasteiger partial charge in [0.15, 0.2) is 0 Å². The third kappa shape index (κ3) is 3.42. The summed E-state index contributed by atoms with van der Waals surface area (Å²) in [6.07, 6.45) is 0. The summed E-state index contributed by atoms with van der Waals surface area (Å²) in [5.74, 6) is -0.871. The third-order valence-corrected chi connectivity index (χ3v) is 2.04. The molecule has 1 amide bonds. The van der Waals surface area contributed by atoms with Crippen molar-refractivity contribution in [1.82, 2.24) is 0 Å². The summed E-state index contributed by atoms with van der Waals surface area (Å²) in [6.45, 7) is 3.23. The van der Waals surface area contributed by atoms with Crippen LogP contribution in [0.5, 0.6) is 0 Å². The number of carbonyl (C=O) groups is 1. The predicted molar refractivity (Wildman–Crippen MR) is 58.5 cm³/mol. The molecule has 1 aromatic rings. The lowest BCUT2D eigenvalue weighted by atomic mass is 10.1. The van der Waals surface area contributed by atoms with Gasteiger partial charge in [-0.1, -0.05) is 18.2 Å². The number of azo groups is 1. The summed E-state index contributed by atoms with van der Waals surface area (Å²) < 4.78 is 0. The second-order valence-corrected chi connectivity index (χ2v) is 3.28. The second-order valence-electron chi connectivity index (χ2n) is 3.28. The van der Waals surface area contributed by atoms with Crippen LogP contribution in [0.1, 0.15) is 13.8 Å². The molecule has 1 atom stereocenters. The van der Waals surface area contributed by atoms with E-state index >= 15 is 0 Å². The number of nitrogens with zero attached hydrogens (tertiary/aromatic N) is 2. The summed E-state index contributed by atoms with van der Waals surface area (Å²) in [5.41, 5.74) is 0.938. The van der Waals surface area contributed by atoms with Crippen molar-refractivity contribution in [3.63, 3.8) is 0 Å². The highest BCUT2D eigenvalue weighted by Crippen LogP contribution is 2.11. The molecule has 0 radical (unpaired) electrons. The minimum absolute atomic E-state index is 0.298. The molecule has 0 saturated heterocycles. The molecule has 0 aromatic heterocycles. The number of carbonyl (C=O) groups excluding carboxylic acids is 1. The number of hydrogen-bond acceptors (Lipinski definition) is 3. The molecule has 0 heterocycles. The van der Waals surface area contributed by atoms with Gasteiger partial charge >= 0.3 is 0 Å². The fourth-order valence-corrected chi connectivity index (χ4v) is 0.873. The molecule has 1 unspecified atom stereocenters. The van der Waals surface area contributed by atoms with Crippen LogP contribution in [-0.2, 0) is 4.79 Å². The van der Waals surface area contributed by atoms with Crippen LogP contribution in [0.3, 0.4) is 0 Å². The molecule has 0 bridgehead atoms. The zero-order chi connectivity index (χ0) is 11.3. The smallest absolute Gasteiger partial charge is 0.273 e. The molecule has 4 heteroatoms. The van der Waals surface area contributed by atoms with Crippen LogP contribution >= 0.6 is 0 Å². The fraction of sp³-hybridized carbons (Fsp3) is 0.273. The molecule has 1 rings (SSSR count). The number of rotatable bonds is 3. The molecule has 1 N–H and O–H groups in total. The van der Waals surface area contributed by atoms with Gasteiger partial charge in [-0.05, 0) is 26.0 Å². The van der Waals surface area contributed by atoms with Gasteiger partial charge in [0.1, 0.15) is 0 Å². The van der Waals surface area contributed by atoms with Gasteiger partial charge < -0.3 is 5.41 Å². The lowest BCUT2D eigenvalue weighted by Gasteiger charge is -2.01. The van der Waals surface area contributed by atoms with Gasteiger partial charge in [-0.2, -0.15) is 0 Å². The molecule has 0 saturated carbocycles. The van der Waals surface area contributed by atoms with Crippen LogP contribution in [0.15, 0.2) is 40.6 Å². The second kappa shape index (κ2) is 5.14. The highest BCUT2D eigenvalue weighted by Gasteiger charge is 2.13. The number of nitrogens with one attached hydrogen (secondary N) is 1. The van der Waals surface area contributed by atoms with Gasteiger partial charge in [-0.25, -0.2) is 0 Å². The van der Waals surface area contributed by atoms with Crippen molar-refractivity contribution in [3.05, 3.63) is 30.3 Å². The standard InChI is InChI=1S/C11H13N3O/c1-8(9(2)12)11(15)14-13-10-6-4-3-5-7-10/h3-8,12H,1-2H3. The first-order valence-electron chi connectivity index (χ1n) is 4.67. The average Bonchev–Trinajstić information content (AvgIpc) is 2.26. The maximum absolute atomic E-state index is 11.4. The summed E-state index contributed by atoms with van der Waals surface area (Å²) in [6, 6.07) is 9.04. The Morgan fingerprint density at radius 1 is 1.33 bits per heavy atom. The summed E-state index contributed by atoms with van der Waals surface area (Å²) in [7, 11) is 0. The summed E-state index contributed by atoms with van der Waals surface area (Å²) >= 11 is 0. The minimum atomic E-state index is -0.488. The molecule has 0 aliphatic rings. The van der Waals surface area contributed by atoms with Crippen molar-refractivity contribution in [1.29, 1.82) is 5.41 Å². The van der Waals surface area contributed by atoms with Gasteiger partial charge in [0, 0.05) is 5.71 Å². The normalized spacial score (nSPS) is 12.7. The first-order valence-corrected chi connectivity index (χ1v) is 4.67. The Hall–Kier alpha value is -1.84. The number of hydrogen-bond donors (Lipinski definition) is 1. The van der Waals surface area contributed by atoms with Crippen molar-refractivity contribution >= 4 is 17.3 Å². The van der Waals surface area contributed by atoms with Gasteiger partial charge in [0.2, 0.25) is 0 Å². The lowest BCUT2D eigenvalue weighted by Crippen LogP contribution is -2.15. The van der Waals surface area contributed by atoms with E-state index in [4.69, 9.17) is 5.41 Å². The third-order valence-electron chi connectivity index (χ3n) is 2.04. The fourth-order valence-electron chi connectivity index (χ4n) is 0.873. The Morgan fingerprint density at radius 2 is 1.93 bits per heavy atom. The molecule has 0 aliphatic heterocycles. The molecule has 4 nitrogen and oxygen atoms in total. The summed E-state index contributed by atoms with van der Waals surface area (Å²) in [5, 5.41) is 14.6. The van der Waals surface area contributed by atoms with Crippen molar-refractivity contribution in [2.75, 3.05) is 0 Å². The van der Waals surface area contributed by atoms with Gasteiger partial charge in [-0.15, -0.1) is 10.2 Å². The highest BCUT2D eigenvalue weighted by molar-refractivity contribution is 6.01. The molecule has 0 spiro atoms. The zero-order valence-corrected chi connectivity index (χ0v) is 8.77. The Morgan fingerprint density at radius 3 is 2.47 bits per heavy atom. The van der Waals surface area contributed by atoms with E-state index in [2.05, 4.69) is 10.2 Å². The van der Waals surface area contributed by atoms with Gasteiger partial charge in [0.25, 0.3) is 5.91 Å². The first kappa shape index (κ1) is 11.2. The van der Waals surface area contributed by atoms with E-state index < -0.39 is 5.92 Å². The average molecular weight is 203 g/mol. The molecule has 78 valence electrons. The Labute approximate surface area is 88.5 Å². The van der Waals surface area contributed by atoms with Crippen molar-refractivity contribution in [3.8, 4) is 0 Å². The van der Waals surface area contributed by atoms with Crippen molar-refractivity contribution < 1.29 is 4.79 Å². The molecular formula is C11H13N3O. The summed E-state index contributed by atoms with van der Waals surface area (Å²) in [4.78, 5) is 11.4. The quantitative estimate of drug-likeness (QED) is 0.595. The molecule has 0 fully saturated rings. The van der Waals surface area contributed by atoms with E-state index in [-0.39, 0.29) is 5.91 Å². The predicted octanol–water partition coefficient (Wildman–Crippen LogP) is 2.97. The Kier molecular flexibility index (Phi) is 3.85. The number of amides is 1. The van der Waals surface area contributed by atoms with E-state index in [9.17, 15) is 4.79 Å². The van der Waals surface area contributed by atoms with Crippen LogP contribution in [0, 0.1) is 11.3 Å². The maximum Gasteiger partial charge on any atom is 0.273 e. The van der Waals surface area contributed by atoms with E-state index in [0.717, 1.165) is 0 Å². The van der Waals surface area contributed by atoms with Crippen molar-refractivity contribution in [2.24, 2.45) is 16.1 Å². The van der Waals surface area contributed by atoms with Crippen LogP contribution in [0.2, 0.25) is 0 Å².